The summed E-state index contributed by atoms with van der Waals surface area (Å²) in [6.45, 7) is 6.76. The predicted octanol–water partition coefficient (Wildman–Crippen LogP) is 2.44. The summed E-state index contributed by atoms with van der Waals surface area (Å²) in [7, 11) is 1.59. The Morgan fingerprint density at radius 1 is 1.31 bits per heavy atom. The van der Waals surface area contributed by atoms with Crippen molar-refractivity contribution in [3.05, 3.63) is 29.6 Å². The Labute approximate surface area is 153 Å². The van der Waals surface area contributed by atoms with Crippen molar-refractivity contribution in [2.24, 2.45) is 16.1 Å². The number of aliphatic imine (C=N–C) groups is 1. The molecule has 3 rings (SSSR count). The van der Waals surface area contributed by atoms with E-state index in [0.717, 1.165) is 31.7 Å². The van der Waals surface area contributed by atoms with Crippen molar-refractivity contribution >= 4 is 17.6 Å². The molecule has 6 nitrogen and oxygen atoms in total. The largest absolute Gasteiger partial charge is 0.382 e. The molecule has 2 heterocycles. The SMILES string of the molecule is CN1C(=O)C(C)(C)[C@@](C)(c2cc(NC3CCOCC3)ccc2F)N=C1N. The fourth-order valence-electron chi connectivity index (χ4n) is 3.64. The lowest BCUT2D eigenvalue weighted by Crippen LogP contribution is -2.58. The summed E-state index contributed by atoms with van der Waals surface area (Å²) in [5, 5.41) is 3.44. The smallest absolute Gasteiger partial charge is 0.237 e. The van der Waals surface area contributed by atoms with E-state index >= 15 is 0 Å². The van der Waals surface area contributed by atoms with Crippen LogP contribution in [-0.4, -0.2) is 43.1 Å². The number of hydrogen-bond donors (Lipinski definition) is 2. The van der Waals surface area contributed by atoms with Crippen molar-refractivity contribution < 1.29 is 13.9 Å². The number of carbonyl (C=O) groups is 1. The Morgan fingerprint density at radius 2 is 1.96 bits per heavy atom. The molecule has 7 heteroatoms. The van der Waals surface area contributed by atoms with Gasteiger partial charge in [-0.25, -0.2) is 9.38 Å². The van der Waals surface area contributed by atoms with Crippen molar-refractivity contribution in [3.63, 3.8) is 0 Å². The summed E-state index contributed by atoms with van der Waals surface area (Å²) in [6.07, 6.45) is 1.81. The summed E-state index contributed by atoms with van der Waals surface area (Å²) >= 11 is 0. The molecule has 0 spiro atoms. The number of anilines is 1. The topological polar surface area (TPSA) is 80.0 Å². The molecule has 1 amide bonds. The highest BCUT2D eigenvalue weighted by Crippen LogP contribution is 2.47. The molecule has 1 fully saturated rings. The van der Waals surface area contributed by atoms with Crippen LogP contribution in [0.25, 0.3) is 0 Å². The summed E-state index contributed by atoms with van der Waals surface area (Å²) in [6, 6.07) is 5.18. The first kappa shape index (κ1) is 18.6. The van der Waals surface area contributed by atoms with Gasteiger partial charge in [0.25, 0.3) is 0 Å². The van der Waals surface area contributed by atoms with E-state index in [9.17, 15) is 9.18 Å². The lowest BCUT2D eigenvalue weighted by atomic mass is 9.67. The third kappa shape index (κ3) is 2.94. The second-order valence-corrected chi connectivity index (χ2v) is 7.76. The van der Waals surface area contributed by atoms with Crippen molar-refractivity contribution in [1.82, 2.24) is 4.90 Å². The van der Waals surface area contributed by atoms with E-state index in [1.807, 2.05) is 0 Å². The van der Waals surface area contributed by atoms with E-state index in [-0.39, 0.29) is 17.9 Å². The maximum absolute atomic E-state index is 14.8. The summed E-state index contributed by atoms with van der Waals surface area (Å²) in [5.41, 5.74) is 5.08. The number of benzene rings is 1. The average molecular weight is 362 g/mol. The molecule has 0 aromatic heterocycles. The second-order valence-electron chi connectivity index (χ2n) is 7.76. The van der Waals surface area contributed by atoms with Crippen molar-refractivity contribution in [2.45, 2.75) is 45.2 Å². The van der Waals surface area contributed by atoms with E-state index in [2.05, 4.69) is 10.3 Å². The van der Waals surface area contributed by atoms with Crippen LogP contribution < -0.4 is 11.1 Å². The molecule has 2 aliphatic heterocycles. The molecule has 1 saturated heterocycles. The number of nitrogens with two attached hydrogens (primary N) is 1. The molecule has 0 radical (unpaired) electrons. The van der Waals surface area contributed by atoms with Gasteiger partial charge in [-0.3, -0.25) is 9.69 Å². The van der Waals surface area contributed by atoms with Gasteiger partial charge in [-0.15, -0.1) is 0 Å². The first-order valence-electron chi connectivity index (χ1n) is 8.94. The van der Waals surface area contributed by atoms with Crippen LogP contribution in [0.15, 0.2) is 23.2 Å². The van der Waals surface area contributed by atoms with Crippen LogP contribution >= 0.6 is 0 Å². The monoisotopic (exact) mass is 362 g/mol. The Morgan fingerprint density at radius 3 is 2.62 bits per heavy atom. The van der Waals surface area contributed by atoms with Gasteiger partial charge in [-0.05, 0) is 51.8 Å². The van der Waals surface area contributed by atoms with Gasteiger partial charge in [-0.2, -0.15) is 0 Å². The molecule has 142 valence electrons. The van der Waals surface area contributed by atoms with E-state index in [4.69, 9.17) is 10.5 Å². The van der Waals surface area contributed by atoms with Gasteiger partial charge in [0.1, 0.15) is 11.4 Å². The van der Waals surface area contributed by atoms with Gasteiger partial charge in [0.05, 0.1) is 5.41 Å². The number of hydrogen-bond acceptors (Lipinski definition) is 5. The van der Waals surface area contributed by atoms with Crippen LogP contribution in [0, 0.1) is 11.2 Å². The zero-order valence-electron chi connectivity index (χ0n) is 15.8. The summed E-state index contributed by atoms with van der Waals surface area (Å²) < 4.78 is 20.2. The lowest BCUT2D eigenvalue weighted by Gasteiger charge is -2.46. The minimum Gasteiger partial charge on any atom is -0.382 e. The van der Waals surface area contributed by atoms with Crippen LogP contribution in [0.5, 0.6) is 0 Å². The first-order chi connectivity index (χ1) is 12.2. The van der Waals surface area contributed by atoms with Gasteiger partial charge >= 0.3 is 0 Å². The third-order valence-corrected chi connectivity index (χ3v) is 5.82. The number of halogens is 1. The van der Waals surface area contributed by atoms with Gasteiger partial charge < -0.3 is 15.8 Å². The zero-order chi connectivity index (χ0) is 19.1. The van der Waals surface area contributed by atoms with Gasteiger partial charge in [-0.1, -0.05) is 0 Å². The van der Waals surface area contributed by atoms with Crippen molar-refractivity contribution in [1.29, 1.82) is 0 Å². The predicted molar refractivity (Wildman–Crippen MR) is 99.4 cm³/mol. The Bertz CT molecular complexity index is 743. The van der Waals surface area contributed by atoms with Crippen LogP contribution in [0.4, 0.5) is 10.1 Å². The number of rotatable bonds is 3. The van der Waals surface area contributed by atoms with Crippen LogP contribution in [0.2, 0.25) is 0 Å². The molecule has 0 unspecified atom stereocenters. The van der Waals surface area contributed by atoms with Crippen LogP contribution in [-0.2, 0) is 15.1 Å². The zero-order valence-corrected chi connectivity index (χ0v) is 15.8. The maximum Gasteiger partial charge on any atom is 0.237 e. The minimum atomic E-state index is -1.10. The highest BCUT2D eigenvalue weighted by molar-refractivity contribution is 6.01. The van der Waals surface area contributed by atoms with E-state index in [0.29, 0.717) is 5.56 Å². The third-order valence-electron chi connectivity index (χ3n) is 5.82. The molecular formula is C19H27FN4O2. The molecule has 1 atom stereocenters. The Balaban J connectivity index is 2.01. The lowest BCUT2D eigenvalue weighted by molar-refractivity contribution is -0.140. The molecule has 1 aromatic carbocycles. The molecule has 0 bridgehead atoms. The highest BCUT2D eigenvalue weighted by Gasteiger charge is 2.53. The summed E-state index contributed by atoms with van der Waals surface area (Å²) in [5.74, 6) is -0.485. The quantitative estimate of drug-likeness (QED) is 0.866. The number of nitrogens with one attached hydrogen (secondary N) is 1. The molecule has 26 heavy (non-hydrogen) atoms. The molecule has 3 N–H and O–H groups in total. The normalized spacial score (nSPS) is 26.6. The Hall–Kier alpha value is -2.15. The first-order valence-corrected chi connectivity index (χ1v) is 8.94. The van der Waals surface area contributed by atoms with Gasteiger partial charge in [0.2, 0.25) is 5.91 Å². The Kier molecular flexibility index (Phi) is 4.69. The second kappa shape index (κ2) is 6.54. The number of nitrogens with zero attached hydrogens (tertiary/aromatic N) is 2. The van der Waals surface area contributed by atoms with Crippen molar-refractivity contribution in [2.75, 3.05) is 25.6 Å². The fraction of sp³-hybridized carbons (Fsp3) is 0.579. The minimum absolute atomic E-state index is 0.0963. The van der Waals surface area contributed by atoms with E-state index < -0.39 is 16.8 Å². The maximum atomic E-state index is 14.8. The van der Waals surface area contributed by atoms with Crippen LogP contribution in [0.3, 0.4) is 0 Å². The van der Waals surface area contributed by atoms with E-state index in [1.54, 1.807) is 40.0 Å². The fourth-order valence-corrected chi connectivity index (χ4v) is 3.64. The van der Waals surface area contributed by atoms with Crippen LogP contribution in [0.1, 0.15) is 39.2 Å². The van der Waals surface area contributed by atoms with Gasteiger partial charge in [0, 0.05) is 37.6 Å². The molecule has 0 aliphatic carbocycles. The van der Waals surface area contributed by atoms with Gasteiger partial charge in [0.15, 0.2) is 5.96 Å². The summed E-state index contributed by atoms with van der Waals surface area (Å²) in [4.78, 5) is 18.6. The number of amides is 1. The van der Waals surface area contributed by atoms with E-state index in [1.165, 1.54) is 11.0 Å². The van der Waals surface area contributed by atoms with Crippen molar-refractivity contribution in [3.8, 4) is 0 Å². The molecule has 2 aliphatic rings. The highest BCUT2D eigenvalue weighted by atomic mass is 19.1. The number of carbonyl (C=O) groups excluding carboxylic acids is 1. The average Bonchev–Trinajstić information content (AvgIpc) is 2.61. The number of ether oxygens (including phenoxy) is 1. The molecule has 1 aromatic rings. The standard InChI is InChI=1S/C19H27FN4O2/c1-18(2)16(25)24(4)17(21)23-19(18,3)14-11-13(5-6-15(14)20)22-12-7-9-26-10-8-12/h5-6,11-12,22H,7-10H2,1-4H3,(H2,21,23)/t19-/m1/s1. The number of guanidine groups is 1. The molecule has 0 saturated carbocycles. The molecular weight excluding hydrogens is 335 g/mol.